The Morgan fingerprint density at radius 2 is 1.91 bits per heavy atom. The number of Topliss-reactive ketones (excluding diaryl/α,β-unsaturated/α-hetero) is 1. The molecule has 0 radical (unpaired) electrons. The van der Waals surface area contributed by atoms with Crippen molar-refractivity contribution in [1.29, 1.82) is 0 Å². The highest BCUT2D eigenvalue weighted by molar-refractivity contribution is 8.00. The number of H-pyrrole nitrogens is 1. The van der Waals surface area contributed by atoms with Crippen molar-refractivity contribution in [1.82, 2.24) is 15.0 Å². The summed E-state index contributed by atoms with van der Waals surface area (Å²) in [6.07, 6.45) is -3.03. The van der Waals surface area contributed by atoms with Gasteiger partial charge in [-0.3, -0.25) is 4.79 Å². The van der Waals surface area contributed by atoms with Crippen LogP contribution in [0.15, 0.2) is 47.6 Å². The normalized spacial score (nSPS) is 11.8. The monoisotopic (exact) mass is 337 g/mol. The lowest BCUT2D eigenvalue weighted by atomic mass is 10.2. The smallest absolute Gasteiger partial charge is 0.359 e. The van der Waals surface area contributed by atoms with Gasteiger partial charge in [-0.2, -0.15) is 13.2 Å². The van der Waals surface area contributed by atoms with E-state index < -0.39 is 12.0 Å². The first-order valence-corrected chi connectivity index (χ1v) is 7.57. The minimum atomic E-state index is -4.64. The van der Waals surface area contributed by atoms with Gasteiger partial charge in [-0.25, -0.2) is 9.97 Å². The summed E-state index contributed by atoms with van der Waals surface area (Å²) in [7, 11) is 0. The molecule has 23 heavy (non-hydrogen) atoms. The third-order valence-electron chi connectivity index (χ3n) is 3.06. The van der Waals surface area contributed by atoms with Gasteiger partial charge in [-0.1, -0.05) is 30.0 Å². The first-order chi connectivity index (χ1) is 10.9. The quantitative estimate of drug-likeness (QED) is 0.445. The molecule has 0 aliphatic heterocycles. The van der Waals surface area contributed by atoms with E-state index in [0.717, 1.165) is 11.8 Å². The fourth-order valence-electron chi connectivity index (χ4n) is 2.00. The van der Waals surface area contributed by atoms with E-state index in [-0.39, 0.29) is 22.1 Å². The van der Waals surface area contributed by atoms with E-state index in [2.05, 4.69) is 15.0 Å². The van der Waals surface area contributed by atoms with Crippen molar-refractivity contribution in [2.45, 2.75) is 11.2 Å². The molecule has 0 aliphatic carbocycles. The van der Waals surface area contributed by atoms with Gasteiger partial charge in [0.15, 0.2) is 5.78 Å². The van der Waals surface area contributed by atoms with Gasteiger partial charge < -0.3 is 4.98 Å². The molecule has 118 valence electrons. The fourth-order valence-corrected chi connectivity index (χ4v) is 2.90. The lowest BCUT2D eigenvalue weighted by molar-refractivity contribution is -0.145. The lowest BCUT2D eigenvalue weighted by Gasteiger charge is -2.09. The molecule has 1 N–H and O–H groups in total. The predicted molar refractivity (Wildman–Crippen MR) is 80.4 cm³/mol. The fraction of sp³-hybridized carbons (Fsp3) is 0.133. The number of hydrogen-bond donors (Lipinski definition) is 1. The molecule has 3 rings (SSSR count). The zero-order valence-electron chi connectivity index (χ0n) is 11.6. The van der Waals surface area contributed by atoms with Gasteiger partial charge in [0.1, 0.15) is 5.03 Å². The molecule has 8 heteroatoms. The molecule has 0 amide bonds. The van der Waals surface area contributed by atoms with Crippen LogP contribution in [-0.2, 0) is 6.18 Å². The highest BCUT2D eigenvalue weighted by Crippen LogP contribution is 2.32. The van der Waals surface area contributed by atoms with Crippen LogP contribution in [0.4, 0.5) is 13.2 Å². The SMILES string of the molecule is O=C(CSc1nc(C(F)(F)F)nc2ccccc12)c1ccc[nH]1. The molecule has 0 spiro atoms. The molecule has 0 bridgehead atoms. The van der Waals surface area contributed by atoms with Gasteiger partial charge in [0, 0.05) is 11.6 Å². The number of hydrogen-bond acceptors (Lipinski definition) is 4. The number of ketones is 1. The molecule has 0 saturated carbocycles. The number of carbonyl (C=O) groups excluding carboxylic acids is 1. The number of carbonyl (C=O) groups is 1. The minimum absolute atomic E-state index is 0.0151. The van der Waals surface area contributed by atoms with E-state index in [1.165, 1.54) is 6.07 Å². The Bertz CT molecular complexity index is 847. The van der Waals surface area contributed by atoms with Crippen LogP contribution in [0.2, 0.25) is 0 Å². The molecule has 0 unspecified atom stereocenters. The topological polar surface area (TPSA) is 58.6 Å². The van der Waals surface area contributed by atoms with Gasteiger partial charge in [0.25, 0.3) is 0 Å². The number of aromatic nitrogens is 3. The predicted octanol–water partition coefficient (Wildman–Crippen LogP) is 3.95. The first kappa shape index (κ1) is 15.5. The van der Waals surface area contributed by atoms with E-state index in [9.17, 15) is 18.0 Å². The van der Waals surface area contributed by atoms with Crippen LogP contribution in [-0.4, -0.2) is 26.5 Å². The summed E-state index contributed by atoms with van der Waals surface area (Å²) in [5.41, 5.74) is 0.608. The second kappa shape index (κ2) is 6.04. The van der Waals surface area contributed by atoms with Crippen LogP contribution < -0.4 is 0 Å². The van der Waals surface area contributed by atoms with Crippen LogP contribution in [0.3, 0.4) is 0 Å². The van der Waals surface area contributed by atoms with E-state index >= 15 is 0 Å². The maximum Gasteiger partial charge on any atom is 0.451 e. The molecular formula is C15H10F3N3OS. The van der Waals surface area contributed by atoms with Crippen LogP contribution in [0.5, 0.6) is 0 Å². The number of alkyl halides is 3. The van der Waals surface area contributed by atoms with Gasteiger partial charge >= 0.3 is 6.18 Å². The van der Waals surface area contributed by atoms with E-state index in [1.807, 2.05) is 0 Å². The summed E-state index contributed by atoms with van der Waals surface area (Å²) in [5.74, 6) is -1.43. The number of fused-ring (bicyclic) bond motifs is 1. The van der Waals surface area contributed by atoms with Gasteiger partial charge in [-0.15, -0.1) is 0 Å². The molecule has 0 saturated heterocycles. The molecule has 4 nitrogen and oxygen atoms in total. The number of nitrogens with zero attached hydrogens (tertiary/aromatic N) is 2. The highest BCUT2D eigenvalue weighted by Gasteiger charge is 2.35. The number of para-hydroxylation sites is 1. The molecule has 0 atom stereocenters. The first-order valence-electron chi connectivity index (χ1n) is 6.58. The van der Waals surface area contributed by atoms with Crippen LogP contribution in [0.1, 0.15) is 16.3 Å². The van der Waals surface area contributed by atoms with E-state index in [4.69, 9.17) is 0 Å². The zero-order valence-corrected chi connectivity index (χ0v) is 12.4. The molecule has 2 aromatic heterocycles. The summed E-state index contributed by atoms with van der Waals surface area (Å²) >= 11 is 0.966. The average molecular weight is 337 g/mol. The Hall–Kier alpha value is -2.35. The number of benzene rings is 1. The van der Waals surface area contributed by atoms with Crippen molar-refractivity contribution in [3.8, 4) is 0 Å². The number of aromatic amines is 1. The van der Waals surface area contributed by atoms with Crippen molar-refractivity contribution in [3.05, 3.63) is 54.1 Å². The lowest BCUT2D eigenvalue weighted by Crippen LogP contribution is -2.12. The Morgan fingerprint density at radius 1 is 1.13 bits per heavy atom. The number of halogens is 3. The third kappa shape index (κ3) is 3.37. The maximum absolute atomic E-state index is 12.9. The van der Waals surface area contributed by atoms with Crippen molar-refractivity contribution in [2.24, 2.45) is 0 Å². The molecular weight excluding hydrogens is 327 g/mol. The Labute approximate surface area is 133 Å². The van der Waals surface area contributed by atoms with E-state index in [0.29, 0.717) is 11.1 Å². The van der Waals surface area contributed by atoms with Crippen LogP contribution >= 0.6 is 11.8 Å². The standard InChI is InChI=1S/C15H10F3N3OS/c16-15(17,18)14-20-10-5-2-1-4-9(10)13(21-14)23-8-12(22)11-6-3-7-19-11/h1-7,19H,8H2. The molecule has 2 heterocycles. The molecule has 0 fully saturated rings. The molecule has 0 aliphatic rings. The Morgan fingerprint density at radius 3 is 2.61 bits per heavy atom. The Balaban J connectivity index is 1.94. The number of nitrogens with one attached hydrogen (secondary N) is 1. The van der Waals surface area contributed by atoms with Gasteiger partial charge in [0.05, 0.1) is 17.0 Å². The van der Waals surface area contributed by atoms with Crippen molar-refractivity contribution >= 4 is 28.4 Å². The summed E-state index contributed by atoms with van der Waals surface area (Å²) in [6.45, 7) is 0. The van der Waals surface area contributed by atoms with Crippen molar-refractivity contribution in [3.63, 3.8) is 0 Å². The summed E-state index contributed by atoms with van der Waals surface area (Å²) in [4.78, 5) is 21.9. The summed E-state index contributed by atoms with van der Waals surface area (Å²) in [5, 5.41) is 0.632. The van der Waals surface area contributed by atoms with Gasteiger partial charge in [-0.05, 0) is 18.2 Å². The van der Waals surface area contributed by atoms with E-state index in [1.54, 1.807) is 36.5 Å². The second-order valence-electron chi connectivity index (χ2n) is 4.66. The summed E-state index contributed by atoms with van der Waals surface area (Å²) < 4.78 is 38.7. The van der Waals surface area contributed by atoms with Crippen LogP contribution in [0.25, 0.3) is 10.9 Å². The largest absolute Gasteiger partial charge is 0.451 e. The Kier molecular flexibility index (Phi) is 4.08. The van der Waals surface area contributed by atoms with Crippen LogP contribution in [0, 0.1) is 0 Å². The number of thioether (sulfide) groups is 1. The summed E-state index contributed by atoms with van der Waals surface area (Å²) in [6, 6.07) is 9.71. The third-order valence-corrected chi connectivity index (χ3v) is 4.05. The molecule has 3 aromatic rings. The minimum Gasteiger partial charge on any atom is -0.359 e. The van der Waals surface area contributed by atoms with Crippen molar-refractivity contribution in [2.75, 3.05) is 5.75 Å². The average Bonchev–Trinajstić information content (AvgIpc) is 3.05. The van der Waals surface area contributed by atoms with Gasteiger partial charge in [0.2, 0.25) is 5.82 Å². The zero-order chi connectivity index (χ0) is 16.4. The maximum atomic E-state index is 12.9. The second-order valence-corrected chi connectivity index (χ2v) is 5.63. The highest BCUT2D eigenvalue weighted by atomic mass is 32.2. The van der Waals surface area contributed by atoms with Crippen molar-refractivity contribution < 1.29 is 18.0 Å². The molecule has 1 aromatic carbocycles. The number of rotatable bonds is 4.